The number of phenolic OH excluding ortho intramolecular Hbond substituents is 3. The third kappa shape index (κ3) is 1.67. The normalized spacial score (nSPS) is 10.3. The van der Waals surface area contributed by atoms with Crippen molar-refractivity contribution in [2.24, 2.45) is 0 Å². The molecule has 0 saturated heterocycles. The molecule has 0 amide bonds. The number of benzene rings is 2. The van der Waals surface area contributed by atoms with Crippen LogP contribution in [-0.4, -0.2) is 15.3 Å². The van der Waals surface area contributed by atoms with Crippen molar-refractivity contribution in [1.29, 1.82) is 0 Å². The maximum atomic E-state index is 9.71. The summed E-state index contributed by atoms with van der Waals surface area (Å²) in [5.41, 5.74) is 2.36. The van der Waals surface area contributed by atoms with Crippen LogP contribution in [0.5, 0.6) is 17.2 Å². The van der Waals surface area contributed by atoms with Crippen molar-refractivity contribution in [2.75, 3.05) is 0 Å². The Balaban J connectivity index is 2.61. The van der Waals surface area contributed by atoms with Gasteiger partial charge in [0.15, 0.2) is 11.5 Å². The predicted octanol–water partition coefficient (Wildman–Crippen LogP) is 2.78. The largest absolute Gasteiger partial charge is 0.504 e. The Bertz CT molecular complexity index is 533. The fraction of sp³-hybridized carbons (Fsp3) is 0.0769. The Kier molecular flexibility index (Phi) is 2.44. The fourth-order valence-electron chi connectivity index (χ4n) is 1.61. The zero-order chi connectivity index (χ0) is 11.7. The topological polar surface area (TPSA) is 60.7 Å². The number of rotatable bonds is 1. The molecule has 0 fully saturated rings. The van der Waals surface area contributed by atoms with Gasteiger partial charge in [0, 0.05) is 5.56 Å². The van der Waals surface area contributed by atoms with E-state index in [4.69, 9.17) is 0 Å². The molecule has 0 aliphatic rings. The Labute approximate surface area is 93.2 Å². The molecule has 3 N–H and O–H groups in total. The third-order valence-corrected chi connectivity index (χ3v) is 2.46. The highest BCUT2D eigenvalue weighted by Crippen LogP contribution is 2.41. The van der Waals surface area contributed by atoms with E-state index >= 15 is 0 Å². The third-order valence-electron chi connectivity index (χ3n) is 2.46. The molecule has 0 aliphatic carbocycles. The molecule has 3 heteroatoms. The fourth-order valence-corrected chi connectivity index (χ4v) is 1.61. The molecule has 82 valence electrons. The predicted molar refractivity (Wildman–Crippen MR) is 61.6 cm³/mol. The molecule has 0 bridgehead atoms. The van der Waals surface area contributed by atoms with Crippen molar-refractivity contribution in [3.63, 3.8) is 0 Å². The molecule has 0 unspecified atom stereocenters. The first-order valence-electron chi connectivity index (χ1n) is 4.90. The molecule has 0 heterocycles. The van der Waals surface area contributed by atoms with Crippen LogP contribution in [0.2, 0.25) is 0 Å². The van der Waals surface area contributed by atoms with E-state index in [9.17, 15) is 15.3 Å². The molecule has 3 nitrogen and oxygen atoms in total. The summed E-state index contributed by atoms with van der Waals surface area (Å²) in [5, 5.41) is 28.3. The molecular formula is C13H12O3. The number of hydrogen-bond acceptors (Lipinski definition) is 3. The summed E-state index contributed by atoms with van der Waals surface area (Å²) < 4.78 is 0. The number of phenols is 3. The standard InChI is InChI=1S/C13H12O3/c1-8-3-2-4-9(7-8)10-5-6-11(14)13(16)12(10)15/h2-7,14-16H,1H3. The lowest BCUT2D eigenvalue weighted by Gasteiger charge is -2.08. The average Bonchev–Trinajstić information content (AvgIpc) is 2.26. The molecule has 2 rings (SSSR count). The lowest BCUT2D eigenvalue weighted by Crippen LogP contribution is -1.81. The van der Waals surface area contributed by atoms with E-state index in [-0.39, 0.29) is 11.5 Å². The second-order valence-corrected chi connectivity index (χ2v) is 3.70. The van der Waals surface area contributed by atoms with Gasteiger partial charge in [-0.2, -0.15) is 0 Å². The van der Waals surface area contributed by atoms with Crippen LogP contribution in [0.3, 0.4) is 0 Å². The van der Waals surface area contributed by atoms with E-state index in [1.165, 1.54) is 6.07 Å². The van der Waals surface area contributed by atoms with Gasteiger partial charge in [0.1, 0.15) is 0 Å². The molecule has 16 heavy (non-hydrogen) atoms. The summed E-state index contributed by atoms with van der Waals surface area (Å²) in [4.78, 5) is 0. The first-order chi connectivity index (χ1) is 7.59. The molecule has 0 aromatic heterocycles. The summed E-state index contributed by atoms with van der Waals surface area (Å²) in [5.74, 6) is -1.11. The molecule has 2 aromatic rings. The van der Waals surface area contributed by atoms with Gasteiger partial charge in [0.25, 0.3) is 0 Å². The van der Waals surface area contributed by atoms with E-state index in [0.29, 0.717) is 5.56 Å². The number of aryl methyl sites for hydroxylation is 1. The minimum atomic E-state index is -0.487. The van der Waals surface area contributed by atoms with Crippen LogP contribution in [0, 0.1) is 6.92 Å². The van der Waals surface area contributed by atoms with Crippen LogP contribution in [0.1, 0.15) is 5.56 Å². The van der Waals surface area contributed by atoms with Crippen molar-refractivity contribution in [3.05, 3.63) is 42.0 Å². The smallest absolute Gasteiger partial charge is 0.200 e. The molecule has 0 radical (unpaired) electrons. The summed E-state index contributed by atoms with van der Waals surface area (Å²) in [6.07, 6.45) is 0. The summed E-state index contributed by atoms with van der Waals surface area (Å²) in [7, 11) is 0. The van der Waals surface area contributed by atoms with Crippen LogP contribution >= 0.6 is 0 Å². The lowest BCUT2D eigenvalue weighted by molar-refractivity contribution is 0.369. The summed E-state index contributed by atoms with van der Waals surface area (Å²) in [6.45, 7) is 1.95. The quantitative estimate of drug-likeness (QED) is 0.642. The van der Waals surface area contributed by atoms with Crippen molar-refractivity contribution in [2.45, 2.75) is 6.92 Å². The van der Waals surface area contributed by atoms with E-state index in [1.54, 1.807) is 6.07 Å². The van der Waals surface area contributed by atoms with Gasteiger partial charge >= 0.3 is 0 Å². The SMILES string of the molecule is Cc1cccc(-c2ccc(O)c(O)c2O)c1. The molecular weight excluding hydrogens is 204 g/mol. The highest BCUT2D eigenvalue weighted by atomic mass is 16.3. The van der Waals surface area contributed by atoms with E-state index in [2.05, 4.69) is 0 Å². The summed E-state index contributed by atoms with van der Waals surface area (Å²) in [6, 6.07) is 10.5. The Morgan fingerprint density at radius 2 is 1.62 bits per heavy atom. The first-order valence-corrected chi connectivity index (χ1v) is 4.90. The van der Waals surface area contributed by atoms with E-state index in [1.807, 2.05) is 31.2 Å². The highest BCUT2D eigenvalue weighted by Gasteiger charge is 2.12. The Morgan fingerprint density at radius 3 is 2.31 bits per heavy atom. The van der Waals surface area contributed by atoms with Crippen LogP contribution in [0.15, 0.2) is 36.4 Å². The van der Waals surface area contributed by atoms with Gasteiger partial charge in [-0.3, -0.25) is 0 Å². The molecule has 0 atom stereocenters. The van der Waals surface area contributed by atoms with Gasteiger partial charge in [0.05, 0.1) is 0 Å². The molecule has 2 aromatic carbocycles. The maximum absolute atomic E-state index is 9.71. The first kappa shape index (κ1) is 10.4. The minimum absolute atomic E-state index is 0.300. The van der Waals surface area contributed by atoms with Crippen molar-refractivity contribution in [1.82, 2.24) is 0 Å². The van der Waals surface area contributed by atoms with Crippen molar-refractivity contribution < 1.29 is 15.3 Å². The second-order valence-electron chi connectivity index (χ2n) is 3.70. The van der Waals surface area contributed by atoms with Gasteiger partial charge in [0.2, 0.25) is 5.75 Å². The molecule has 0 aliphatic heterocycles. The zero-order valence-corrected chi connectivity index (χ0v) is 8.81. The van der Waals surface area contributed by atoms with E-state index in [0.717, 1.165) is 11.1 Å². The van der Waals surface area contributed by atoms with Crippen molar-refractivity contribution >= 4 is 0 Å². The molecule has 0 saturated carbocycles. The Hall–Kier alpha value is -2.16. The second kappa shape index (κ2) is 3.77. The van der Waals surface area contributed by atoms with E-state index < -0.39 is 5.75 Å². The van der Waals surface area contributed by atoms with Crippen LogP contribution in [0.4, 0.5) is 0 Å². The zero-order valence-electron chi connectivity index (χ0n) is 8.81. The maximum Gasteiger partial charge on any atom is 0.200 e. The molecule has 0 spiro atoms. The van der Waals surface area contributed by atoms with Gasteiger partial charge in [-0.1, -0.05) is 29.8 Å². The minimum Gasteiger partial charge on any atom is -0.504 e. The number of hydrogen-bond donors (Lipinski definition) is 3. The van der Waals surface area contributed by atoms with Crippen molar-refractivity contribution in [3.8, 4) is 28.4 Å². The van der Waals surface area contributed by atoms with Gasteiger partial charge in [-0.05, 0) is 24.6 Å². The monoisotopic (exact) mass is 216 g/mol. The van der Waals surface area contributed by atoms with Crippen LogP contribution in [-0.2, 0) is 0 Å². The van der Waals surface area contributed by atoms with Gasteiger partial charge in [-0.25, -0.2) is 0 Å². The number of aromatic hydroxyl groups is 3. The highest BCUT2D eigenvalue weighted by molar-refractivity contribution is 5.75. The summed E-state index contributed by atoms with van der Waals surface area (Å²) >= 11 is 0. The average molecular weight is 216 g/mol. The van der Waals surface area contributed by atoms with Gasteiger partial charge < -0.3 is 15.3 Å². The lowest BCUT2D eigenvalue weighted by atomic mass is 10.0. The van der Waals surface area contributed by atoms with Crippen LogP contribution < -0.4 is 0 Å². The van der Waals surface area contributed by atoms with Gasteiger partial charge in [-0.15, -0.1) is 0 Å². The van der Waals surface area contributed by atoms with Crippen LogP contribution in [0.25, 0.3) is 11.1 Å². The Morgan fingerprint density at radius 1 is 0.875 bits per heavy atom.